The van der Waals surface area contributed by atoms with Gasteiger partial charge in [-0.2, -0.15) is 0 Å². The first-order valence-electron chi connectivity index (χ1n) is 7.10. The summed E-state index contributed by atoms with van der Waals surface area (Å²) in [6, 6.07) is 2.23. The average Bonchev–Trinajstić information content (AvgIpc) is 3.14. The number of nitrogens with two attached hydrogens (primary N) is 1. The molecule has 1 aliphatic carbocycles. The third-order valence-corrected chi connectivity index (χ3v) is 4.79. The smallest absolute Gasteiger partial charge is 0.0951 e. The third kappa shape index (κ3) is 1.88. The van der Waals surface area contributed by atoms with E-state index in [9.17, 15) is 0 Å². The van der Waals surface area contributed by atoms with Crippen LogP contribution in [0.2, 0.25) is 0 Å². The van der Waals surface area contributed by atoms with E-state index in [1.165, 1.54) is 57.2 Å². The van der Waals surface area contributed by atoms with Gasteiger partial charge >= 0.3 is 0 Å². The Kier molecular flexibility index (Phi) is 3.41. The lowest BCUT2D eigenvalue weighted by molar-refractivity contribution is 0.0762. The van der Waals surface area contributed by atoms with Crippen molar-refractivity contribution in [1.82, 2.24) is 10.3 Å². The molecule has 4 heteroatoms. The Hall–Kier alpha value is -0.840. The van der Waals surface area contributed by atoms with Gasteiger partial charge in [0.25, 0.3) is 0 Å². The van der Waals surface area contributed by atoms with E-state index in [4.69, 9.17) is 10.3 Å². The number of hydrogen-bond donors (Lipinski definition) is 2. The first-order chi connectivity index (χ1) is 8.87. The van der Waals surface area contributed by atoms with E-state index in [2.05, 4.69) is 10.3 Å². The molecule has 1 saturated heterocycles. The molecule has 3 rings (SSSR count). The minimum atomic E-state index is 0.192. The van der Waals surface area contributed by atoms with Gasteiger partial charge in [0.05, 0.1) is 18.6 Å². The Balaban J connectivity index is 1.92. The maximum absolute atomic E-state index is 5.88. The second kappa shape index (κ2) is 5.03. The lowest BCUT2D eigenvalue weighted by Crippen LogP contribution is -2.55. The van der Waals surface area contributed by atoms with Gasteiger partial charge < -0.3 is 4.42 Å². The van der Waals surface area contributed by atoms with E-state index in [1.54, 1.807) is 6.26 Å². The Morgan fingerprint density at radius 2 is 1.94 bits per heavy atom. The van der Waals surface area contributed by atoms with E-state index in [0.29, 0.717) is 0 Å². The Bertz CT molecular complexity index is 364. The monoisotopic (exact) mass is 249 g/mol. The molecule has 0 bridgehead atoms. The molecule has 3 N–H and O–H groups in total. The molecule has 0 spiro atoms. The molecule has 2 heterocycles. The minimum Gasteiger partial charge on any atom is -0.472 e. The zero-order chi connectivity index (χ0) is 12.4. The van der Waals surface area contributed by atoms with Crippen LogP contribution in [0.15, 0.2) is 23.0 Å². The van der Waals surface area contributed by atoms with E-state index in [-0.39, 0.29) is 11.6 Å². The lowest BCUT2D eigenvalue weighted by atomic mass is 9.83. The van der Waals surface area contributed by atoms with Gasteiger partial charge in [-0.3, -0.25) is 16.2 Å². The van der Waals surface area contributed by atoms with Crippen LogP contribution in [0.3, 0.4) is 0 Å². The fourth-order valence-electron chi connectivity index (χ4n) is 3.94. The molecule has 0 amide bonds. The van der Waals surface area contributed by atoms with Gasteiger partial charge in [-0.25, -0.2) is 0 Å². The fourth-order valence-corrected chi connectivity index (χ4v) is 3.94. The van der Waals surface area contributed by atoms with Gasteiger partial charge in [-0.15, -0.1) is 0 Å². The molecule has 18 heavy (non-hydrogen) atoms. The number of furan rings is 1. The predicted octanol–water partition coefficient (Wildman–Crippen LogP) is 2.19. The fraction of sp³-hybridized carbons (Fsp3) is 0.714. The van der Waals surface area contributed by atoms with Crippen molar-refractivity contribution in [2.24, 2.45) is 5.84 Å². The molecule has 100 valence electrons. The van der Waals surface area contributed by atoms with Crippen LogP contribution in [0.25, 0.3) is 0 Å². The van der Waals surface area contributed by atoms with Crippen LogP contribution in [-0.4, -0.2) is 23.5 Å². The van der Waals surface area contributed by atoms with Crippen molar-refractivity contribution in [3.05, 3.63) is 24.2 Å². The number of nitrogens with zero attached hydrogens (tertiary/aromatic N) is 1. The van der Waals surface area contributed by atoms with Crippen molar-refractivity contribution in [1.29, 1.82) is 0 Å². The summed E-state index contributed by atoms with van der Waals surface area (Å²) in [5.41, 5.74) is 4.45. The van der Waals surface area contributed by atoms with Gasteiger partial charge in [-0.1, -0.05) is 12.8 Å². The lowest BCUT2D eigenvalue weighted by Gasteiger charge is -2.44. The van der Waals surface area contributed by atoms with Crippen molar-refractivity contribution in [3.8, 4) is 0 Å². The molecule has 1 atom stereocenters. The summed E-state index contributed by atoms with van der Waals surface area (Å²) in [7, 11) is 0. The summed E-state index contributed by atoms with van der Waals surface area (Å²) in [5.74, 6) is 5.88. The van der Waals surface area contributed by atoms with Crippen molar-refractivity contribution in [2.75, 3.05) is 13.1 Å². The number of nitrogens with one attached hydrogen (secondary N) is 1. The third-order valence-electron chi connectivity index (χ3n) is 4.79. The molecule has 0 aromatic carbocycles. The highest BCUT2D eigenvalue weighted by molar-refractivity contribution is 5.20. The second-order valence-electron chi connectivity index (χ2n) is 5.66. The molecular formula is C14H23N3O. The Labute approximate surface area is 108 Å². The summed E-state index contributed by atoms with van der Waals surface area (Å²) in [6.07, 6.45) is 11.3. The standard InChI is InChI=1S/C14H23N3O/c15-16-13(12-5-10-18-11-12)14(6-1-2-7-14)17-8-3-4-9-17/h5,10-11,13,16H,1-4,6-9,15H2. The molecule has 1 aromatic heterocycles. The van der Waals surface area contributed by atoms with Crippen LogP contribution < -0.4 is 11.3 Å². The maximum Gasteiger partial charge on any atom is 0.0951 e. The van der Waals surface area contributed by atoms with Crippen LogP contribution >= 0.6 is 0 Å². The Morgan fingerprint density at radius 3 is 2.50 bits per heavy atom. The highest BCUT2D eigenvalue weighted by Crippen LogP contribution is 2.45. The van der Waals surface area contributed by atoms with E-state index in [0.717, 1.165) is 0 Å². The number of hydrogen-bond acceptors (Lipinski definition) is 4. The van der Waals surface area contributed by atoms with Crippen LogP contribution in [0.5, 0.6) is 0 Å². The zero-order valence-electron chi connectivity index (χ0n) is 10.9. The van der Waals surface area contributed by atoms with Crippen molar-refractivity contribution >= 4 is 0 Å². The van der Waals surface area contributed by atoms with Gasteiger partial charge in [-0.05, 0) is 44.8 Å². The second-order valence-corrected chi connectivity index (χ2v) is 5.66. The summed E-state index contributed by atoms with van der Waals surface area (Å²) in [6.45, 7) is 2.44. The average molecular weight is 249 g/mol. The van der Waals surface area contributed by atoms with E-state index in [1.807, 2.05) is 12.3 Å². The number of rotatable bonds is 4. The van der Waals surface area contributed by atoms with Gasteiger partial charge in [0.15, 0.2) is 0 Å². The largest absolute Gasteiger partial charge is 0.472 e. The van der Waals surface area contributed by atoms with Crippen LogP contribution in [0.4, 0.5) is 0 Å². The Morgan fingerprint density at radius 1 is 1.22 bits per heavy atom. The van der Waals surface area contributed by atoms with Crippen molar-refractivity contribution in [2.45, 2.75) is 50.1 Å². The van der Waals surface area contributed by atoms with Gasteiger partial charge in [0, 0.05) is 11.1 Å². The normalized spacial score (nSPS) is 25.6. The van der Waals surface area contributed by atoms with Gasteiger partial charge in [0.1, 0.15) is 0 Å². The van der Waals surface area contributed by atoms with Crippen LogP contribution in [0, 0.1) is 0 Å². The topological polar surface area (TPSA) is 54.4 Å². The molecule has 1 aromatic rings. The zero-order valence-corrected chi connectivity index (χ0v) is 10.9. The summed E-state index contributed by atoms with van der Waals surface area (Å²) < 4.78 is 5.25. The number of hydrazine groups is 1. The van der Waals surface area contributed by atoms with E-state index < -0.39 is 0 Å². The highest BCUT2D eigenvalue weighted by atomic mass is 16.3. The summed E-state index contributed by atoms with van der Waals surface area (Å²) in [5, 5.41) is 0. The molecule has 2 fully saturated rings. The highest BCUT2D eigenvalue weighted by Gasteiger charge is 2.47. The predicted molar refractivity (Wildman–Crippen MR) is 70.8 cm³/mol. The quantitative estimate of drug-likeness (QED) is 0.634. The van der Waals surface area contributed by atoms with Crippen LogP contribution in [0.1, 0.15) is 50.1 Å². The minimum absolute atomic E-state index is 0.192. The van der Waals surface area contributed by atoms with Crippen molar-refractivity contribution < 1.29 is 4.42 Å². The SMILES string of the molecule is NNC(c1ccoc1)C1(N2CCCC2)CCCC1. The molecular weight excluding hydrogens is 226 g/mol. The molecule has 4 nitrogen and oxygen atoms in total. The maximum atomic E-state index is 5.88. The molecule has 0 radical (unpaired) electrons. The van der Waals surface area contributed by atoms with E-state index >= 15 is 0 Å². The molecule has 2 aliphatic rings. The molecule has 1 unspecified atom stereocenters. The first kappa shape index (κ1) is 12.2. The number of likely N-dealkylation sites (tertiary alicyclic amines) is 1. The van der Waals surface area contributed by atoms with Gasteiger partial charge in [0.2, 0.25) is 0 Å². The summed E-state index contributed by atoms with van der Waals surface area (Å²) >= 11 is 0. The summed E-state index contributed by atoms with van der Waals surface area (Å²) in [4.78, 5) is 2.66. The first-order valence-corrected chi connectivity index (χ1v) is 7.10. The van der Waals surface area contributed by atoms with Crippen molar-refractivity contribution in [3.63, 3.8) is 0 Å². The molecule has 1 saturated carbocycles. The van der Waals surface area contributed by atoms with Crippen LogP contribution in [-0.2, 0) is 0 Å². The molecule has 1 aliphatic heterocycles.